The first-order valence-electron chi connectivity index (χ1n) is 5.79. The SMILES string of the molecule is NNC(Cc1ccco1)c1cnn2ccccc12. The van der Waals surface area contributed by atoms with Crippen LogP contribution in [-0.4, -0.2) is 9.61 Å². The van der Waals surface area contributed by atoms with E-state index in [1.54, 1.807) is 6.26 Å². The van der Waals surface area contributed by atoms with Crippen LogP contribution in [0.4, 0.5) is 0 Å². The van der Waals surface area contributed by atoms with Crippen molar-refractivity contribution in [2.45, 2.75) is 12.5 Å². The molecule has 0 radical (unpaired) electrons. The Balaban J connectivity index is 1.96. The first kappa shape index (κ1) is 11.0. The number of furan rings is 1. The molecule has 3 N–H and O–H groups in total. The zero-order valence-electron chi connectivity index (χ0n) is 9.78. The normalized spacial score (nSPS) is 12.9. The number of hydrogen-bond acceptors (Lipinski definition) is 4. The highest BCUT2D eigenvalue weighted by molar-refractivity contribution is 5.55. The van der Waals surface area contributed by atoms with Gasteiger partial charge in [0.2, 0.25) is 0 Å². The number of pyridine rings is 1. The van der Waals surface area contributed by atoms with E-state index in [0.717, 1.165) is 16.8 Å². The molecule has 0 aromatic carbocycles. The van der Waals surface area contributed by atoms with Gasteiger partial charge in [0.05, 0.1) is 24.0 Å². The molecular formula is C13H14N4O. The lowest BCUT2D eigenvalue weighted by atomic mass is 10.0. The van der Waals surface area contributed by atoms with Gasteiger partial charge in [-0.3, -0.25) is 11.3 Å². The van der Waals surface area contributed by atoms with Gasteiger partial charge in [0.25, 0.3) is 0 Å². The molecule has 0 aliphatic heterocycles. The van der Waals surface area contributed by atoms with Crippen LogP contribution < -0.4 is 11.3 Å². The summed E-state index contributed by atoms with van der Waals surface area (Å²) in [7, 11) is 0. The fourth-order valence-electron chi connectivity index (χ4n) is 2.11. The van der Waals surface area contributed by atoms with E-state index in [4.69, 9.17) is 10.3 Å². The third kappa shape index (κ3) is 1.90. The summed E-state index contributed by atoms with van der Waals surface area (Å²) >= 11 is 0. The van der Waals surface area contributed by atoms with E-state index in [2.05, 4.69) is 10.5 Å². The molecule has 5 heteroatoms. The van der Waals surface area contributed by atoms with E-state index in [-0.39, 0.29) is 6.04 Å². The molecule has 1 atom stereocenters. The number of nitrogens with zero attached hydrogens (tertiary/aromatic N) is 2. The second-order valence-electron chi connectivity index (χ2n) is 4.13. The van der Waals surface area contributed by atoms with Crippen molar-refractivity contribution in [3.63, 3.8) is 0 Å². The maximum absolute atomic E-state index is 5.64. The van der Waals surface area contributed by atoms with Gasteiger partial charge in [-0.15, -0.1) is 0 Å². The topological polar surface area (TPSA) is 68.5 Å². The smallest absolute Gasteiger partial charge is 0.105 e. The van der Waals surface area contributed by atoms with Crippen molar-refractivity contribution < 1.29 is 4.42 Å². The van der Waals surface area contributed by atoms with Crippen LogP contribution in [0.2, 0.25) is 0 Å². The predicted octanol–water partition coefficient (Wildman–Crippen LogP) is 1.67. The molecule has 18 heavy (non-hydrogen) atoms. The van der Waals surface area contributed by atoms with Gasteiger partial charge in [0, 0.05) is 18.2 Å². The zero-order valence-corrected chi connectivity index (χ0v) is 9.78. The second-order valence-corrected chi connectivity index (χ2v) is 4.13. The number of aromatic nitrogens is 2. The number of nitrogens with two attached hydrogens (primary N) is 1. The third-order valence-corrected chi connectivity index (χ3v) is 3.02. The van der Waals surface area contributed by atoms with Crippen LogP contribution in [0.25, 0.3) is 5.52 Å². The van der Waals surface area contributed by atoms with E-state index >= 15 is 0 Å². The molecule has 5 nitrogen and oxygen atoms in total. The largest absolute Gasteiger partial charge is 0.469 e. The summed E-state index contributed by atoms with van der Waals surface area (Å²) < 4.78 is 7.19. The Labute approximate surface area is 104 Å². The Morgan fingerprint density at radius 2 is 2.28 bits per heavy atom. The minimum absolute atomic E-state index is 0.0175. The average Bonchev–Trinajstić information content (AvgIpc) is 3.05. The lowest BCUT2D eigenvalue weighted by molar-refractivity contribution is 0.456. The van der Waals surface area contributed by atoms with Crippen molar-refractivity contribution in [3.05, 3.63) is 60.3 Å². The Morgan fingerprint density at radius 1 is 1.33 bits per heavy atom. The predicted molar refractivity (Wildman–Crippen MR) is 67.7 cm³/mol. The van der Waals surface area contributed by atoms with Crippen molar-refractivity contribution in [3.8, 4) is 0 Å². The molecule has 0 amide bonds. The fraction of sp³-hybridized carbons (Fsp3) is 0.154. The summed E-state index contributed by atoms with van der Waals surface area (Å²) in [5, 5.41) is 4.31. The van der Waals surface area contributed by atoms with Crippen molar-refractivity contribution in [1.82, 2.24) is 15.0 Å². The van der Waals surface area contributed by atoms with Crippen LogP contribution >= 0.6 is 0 Å². The van der Waals surface area contributed by atoms with E-state index in [1.807, 2.05) is 47.2 Å². The van der Waals surface area contributed by atoms with Gasteiger partial charge in [0.1, 0.15) is 5.76 Å². The minimum Gasteiger partial charge on any atom is -0.469 e. The molecule has 0 aliphatic carbocycles. The molecule has 92 valence electrons. The number of rotatable bonds is 4. The summed E-state index contributed by atoms with van der Waals surface area (Å²) in [5.74, 6) is 6.54. The van der Waals surface area contributed by atoms with Gasteiger partial charge in [-0.25, -0.2) is 4.52 Å². The summed E-state index contributed by atoms with van der Waals surface area (Å²) in [6, 6.07) is 9.75. The monoisotopic (exact) mass is 242 g/mol. The molecule has 0 spiro atoms. The van der Waals surface area contributed by atoms with E-state index < -0.39 is 0 Å². The van der Waals surface area contributed by atoms with E-state index in [0.29, 0.717) is 6.42 Å². The third-order valence-electron chi connectivity index (χ3n) is 3.02. The molecule has 1 unspecified atom stereocenters. The maximum Gasteiger partial charge on any atom is 0.105 e. The summed E-state index contributed by atoms with van der Waals surface area (Å²) in [5.41, 5.74) is 4.93. The van der Waals surface area contributed by atoms with Crippen LogP contribution in [0, 0.1) is 0 Å². The molecule has 0 aliphatic rings. The van der Waals surface area contributed by atoms with Crippen LogP contribution in [-0.2, 0) is 6.42 Å². The van der Waals surface area contributed by atoms with Gasteiger partial charge in [0.15, 0.2) is 0 Å². The van der Waals surface area contributed by atoms with Crippen molar-refractivity contribution in [2.24, 2.45) is 5.84 Å². The highest BCUT2D eigenvalue weighted by Crippen LogP contribution is 2.22. The van der Waals surface area contributed by atoms with Crippen LogP contribution in [0.3, 0.4) is 0 Å². The Morgan fingerprint density at radius 3 is 3.06 bits per heavy atom. The molecule has 3 aromatic heterocycles. The van der Waals surface area contributed by atoms with Gasteiger partial charge in [-0.1, -0.05) is 6.07 Å². The van der Waals surface area contributed by atoms with Gasteiger partial charge in [-0.05, 0) is 24.3 Å². The van der Waals surface area contributed by atoms with Crippen molar-refractivity contribution in [2.75, 3.05) is 0 Å². The molecule has 3 rings (SSSR count). The molecule has 0 saturated heterocycles. The maximum atomic E-state index is 5.64. The highest BCUT2D eigenvalue weighted by Gasteiger charge is 2.16. The molecule has 3 heterocycles. The van der Waals surface area contributed by atoms with Crippen LogP contribution in [0.5, 0.6) is 0 Å². The van der Waals surface area contributed by atoms with Crippen LogP contribution in [0.1, 0.15) is 17.4 Å². The van der Waals surface area contributed by atoms with Crippen molar-refractivity contribution >= 4 is 5.52 Å². The number of hydrazine groups is 1. The first-order valence-corrected chi connectivity index (χ1v) is 5.79. The van der Waals surface area contributed by atoms with Crippen molar-refractivity contribution in [1.29, 1.82) is 0 Å². The summed E-state index contributed by atoms with van der Waals surface area (Å²) in [4.78, 5) is 0. The first-order chi connectivity index (χ1) is 8.88. The lowest BCUT2D eigenvalue weighted by Crippen LogP contribution is -2.29. The number of fused-ring (bicyclic) bond motifs is 1. The quantitative estimate of drug-likeness (QED) is 0.539. The standard InChI is InChI=1S/C13H14N4O/c14-16-12(8-10-4-3-7-18-10)11-9-15-17-6-2-1-5-13(11)17/h1-7,9,12,16H,8,14H2. The highest BCUT2D eigenvalue weighted by atomic mass is 16.3. The fourth-order valence-corrected chi connectivity index (χ4v) is 2.11. The Kier molecular flexibility index (Phi) is 2.84. The number of hydrogen-bond donors (Lipinski definition) is 2. The molecule has 0 bridgehead atoms. The van der Waals surface area contributed by atoms with Gasteiger partial charge >= 0.3 is 0 Å². The molecular weight excluding hydrogens is 228 g/mol. The Bertz CT molecular complexity index is 629. The second kappa shape index (κ2) is 4.64. The van der Waals surface area contributed by atoms with E-state index in [9.17, 15) is 0 Å². The molecule has 3 aromatic rings. The van der Waals surface area contributed by atoms with Gasteiger partial charge < -0.3 is 4.42 Å². The summed E-state index contributed by atoms with van der Waals surface area (Å²) in [6.07, 6.45) is 6.11. The van der Waals surface area contributed by atoms with E-state index in [1.165, 1.54) is 0 Å². The zero-order chi connectivity index (χ0) is 12.4. The number of nitrogens with one attached hydrogen (secondary N) is 1. The lowest BCUT2D eigenvalue weighted by Gasteiger charge is -2.13. The van der Waals surface area contributed by atoms with Crippen LogP contribution in [0.15, 0.2) is 53.4 Å². The molecule has 0 fully saturated rings. The average molecular weight is 242 g/mol. The van der Waals surface area contributed by atoms with Gasteiger partial charge in [-0.2, -0.15) is 5.10 Å². The summed E-state index contributed by atoms with van der Waals surface area (Å²) in [6.45, 7) is 0. The molecule has 0 saturated carbocycles. The Hall–Kier alpha value is -2.11. The minimum atomic E-state index is -0.0175.